The SMILES string of the molecule is CC(=O)c1cccc(NC(=S)NC(=O)c2ccc(-c3cccc(Cl)c3Cl)o2)c1. The van der Waals surface area contributed by atoms with Crippen molar-refractivity contribution in [2.24, 2.45) is 0 Å². The van der Waals surface area contributed by atoms with Crippen LogP contribution in [-0.2, 0) is 0 Å². The molecule has 3 aromatic rings. The quantitative estimate of drug-likeness (QED) is 0.415. The number of furan rings is 1. The number of nitrogens with one attached hydrogen (secondary N) is 2. The molecule has 0 aliphatic carbocycles. The minimum atomic E-state index is -0.523. The molecule has 0 fully saturated rings. The molecular formula is C20H14Cl2N2O3S. The molecule has 8 heteroatoms. The summed E-state index contributed by atoms with van der Waals surface area (Å²) in [5, 5.41) is 6.19. The second kappa shape index (κ2) is 8.56. The summed E-state index contributed by atoms with van der Waals surface area (Å²) in [7, 11) is 0. The molecule has 5 nitrogen and oxygen atoms in total. The molecular weight excluding hydrogens is 419 g/mol. The second-order valence-electron chi connectivity index (χ2n) is 5.81. The van der Waals surface area contributed by atoms with Crippen molar-refractivity contribution in [3.8, 4) is 11.3 Å². The topological polar surface area (TPSA) is 71.3 Å². The Balaban J connectivity index is 1.69. The maximum Gasteiger partial charge on any atom is 0.293 e. The lowest BCUT2D eigenvalue weighted by atomic mass is 10.1. The fourth-order valence-electron chi connectivity index (χ4n) is 2.44. The molecule has 0 saturated carbocycles. The third-order valence-corrected chi connectivity index (χ3v) is 4.82. The summed E-state index contributed by atoms with van der Waals surface area (Å²) in [5.41, 5.74) is 1.70. The van der Waals surface area contributed by atoms with Gasteiger partial charge in [0.25, 0.3) is 5.91 Å². The highest BCUT2D eigenvalue weighted by atomic mass is 35.5. The number of thiocarbonyl (C=S) groups is 1. The number of halogens is 2. The molecule has 0 atom stereocenters. The van der Waals surface area contributed by atoms with E-state index < -0.39 is 5.91 Å². The van der Waals surface area contributed by atoms with Crippen molar-refractivity contribution in [2.75, 3.05) is 5.32 Å². The Morgan fingerprint density at radius 3 is 2.54 bits per heavy atom. The van der Waals surface area contributed by atoms with E-state index in [4.69, 9.17) is 39.8 Å². The van der Waals surface area contributed by atoms with Gasteiger partial charge in [0, 0.05) is 16.8 Å². The number of benzene rings is 2. The number of ketones is 1. The van der Waals surface area contributed by atoms with Gasteiger partial charge in [0.15, 0.2) is 16.7 Å². The Bertz CT molecular complexity index is 1080. The molecule has 0 aliphatic heterocycles. The van der Waals surface area contributed by atoms with Crippen LogP contribution in [0.4, 0.5) is 5.69 Å². The summed E-state index contributed by atoms with van der Waals surface area (Å²) < 4.78 is 5.58. The molecule has 1 amide bonds. The minimum absolute atomic E-state index is 0.0627. The highest BCUT2D eigenvalue weighted by molar-refractivity contribution is 7.80. The molecule has 1 heterocycles. The van der Waals surface area contributed by atoms with Crippen LogP contribution in [0.3, 0.4) is 0 Å². The van der Waals surface area contributed by atoms with Crippen LogP contribution in [0.25, 0.3) is 11.3 Å². The van der Waals surface area contributed by atoms with Crippen LogP contribution in [0.5, 0.6) is 0 Å². The molecule has 3 rings (SSSR count). The van der Waals surface area contributed by atoms with E-state index in [1.54, 1.807) is 48.5 Å². The van der Waals surface area contributed by atoms with Crippen molar-refractivity contribution < 1.29 is 14.0 Å². The molecule has 28 heavy (non-hydrogen) atoms. The van der Waals surface area contributed by atoms with Gasteiger partial charge < -0.3 is 9.73 Å². The van der Waals surface area contributed by atoms with Gasteiger partial charge in [-0.1, -0.05) is 41.4 Å². The van der Waals surface area contributed by atoms with Crippen LogP contribution in [0.15, 0.2) is 59.0 Å². The van der Waals surface area contributed by atoms with Gasteiger partial charge in [0.2, 0.25) is 0 Å². The summed E-state index contributed by atoms with van der Waals surface area (Å²) in [6, 6.07) is 15.1. The van der Waals surface area contributed by atoms with Gasteiger partial charge in [-0.05, 0) is 55.5 Å². The number of carbonyl (C=O) groups is 2. The van der Waals surface area contributed by atoms with Crippen molar-refractivity contribution in [1.82, 2.24) is 5.32 Å². The number of rotatable bonds is 4. The summed E-state index contributed by atoms with van der Waals surface area (Å²) in [4.78, 5) is 23.8. The minimum Gasteiger partial charge on any atom is -0.451 e. The first-order valence-electron chi connectivity index (χ1n) is 8.12. The Labute approximate surface area is 176 Å². The smallest absolute Gasteiger partial charge is 0.293 e. The molecule has 0 saturated heterocycles. The van der Waals surface area contributed by atoms with E-state index in [1.807, 2.05) is 0 Å². The summed E-state index contributed by atoms with van der Waals surface area (Å²) >= 11 is 17.3. The highest BCUT2D eigenvalue weighted by Crippen LogP contribution is 2.34. The Morgan fingerprint density at radius 1 is 1.04 bits per heavy atom. The zero-order valence-electron chi connectivity index (χ0n) is 14.6. The summed E-state index contributed by atoms with van der Waals surface area (Å²) in [5.74, 6) is -0.121. The van der Waals surface area contributed by atoms with E-state index >= 15 is 0 Å². The Kier molecular flexibility index (Phi) is 6.14. The van der Waals surface area contributed by atoms with E-state index in [2.05, 4.69) is 10.6 Å². The lowest BCUT2D eigenvalue weighted by Crippen LogP contribution is -2.33. The van der Waals surface area contributed by atoms with E-state index in [-0.39, 0.29) is 16.7 Å². The lowest BCUT2D eigenvalue weighted by molar-refractivity contribution is 0.0950. The van der Waals surface area contributed by atoms with Crippen LogP contribution in [0.2, 0.25) is 10.0 Å². The van der Waals surface area contributed by atoms with Gasteiger partial charge in [0.05, 0.1) is 10.0 Å². The van der Waals surface area contributed by atoms with Crippen molar-refractivity contribution in [3.63, 3.8) is 0 Å². The number of Topliss-reactive ketones (excluding diaryl/α,β-unsaturated/α-hetero) is 1. The molecule has 0 unspecified atom stereocenters. The first kappa shape index (κ1) is 20.1. The van der Waals surface area contributed by atoms with Crippen LogP contribution < -0.4 is 10.6 Å². The van der Waals surface area contributed by atoms with Crippen molar-refractivity contribution in [3.05, 3.63) is 76.0 Å². The predicted octanol–water partition coefficient (Wildman–Crippen LogP) is 5.58. The van der Waals surface area contributed by atoms with Gasteiger partial charge in [0.1, 0.15) is 5.76 Å². The van der Waals surface area contributed by atoms with Crippen LogP contribution in [0.1, 0.15) is 27.8 Å². The van der Waals surface area contributed by atoms with Gasteiger partial charge in [-0.2, -0.15) is 0 Å². The first-order chi connectivity index (χ1) is 13.3. The van der Waals surface area contributed by atoms with Gasteiger partial charge >= 0.3 is 0 Å². The fraction of sp³-hybridized carbons (Fsp3) is 0.0500. The van der Waals surface area contributed by atoms with Crippen molar-refractivity contribution >= 4 is 57.9 Å². The number of carbonyl (C=O) groups excluding carboxylic acids is 2. The third kappa shape index (κ3) is 4.59. The average molecular weight is 433 g/mol. The normalized spacial score (nSPS) is 10.4. The number of hydrogen-bond acceptors (Lipinski definition) is 4. The lowest BCUT2D eigenvalue weighted by Gasteiger charge is -2.09. The fourth-order valence-corrected chi connectivity index (χ4v) is 3.05. The summed E-state index contributed by atoms with van der Waals surface area (Å²) in [6.07, 6.45) is 0. The zero-order chi connectivity index (χ0) is 20.3. The molecule has 0 bridgehead atoms. The molecule has 2 aromatic carbocycles. The third-order valence-electron chi connectivity index (χ3n) is 3.80. The first-order valence-corrected chi connectivity index (χ1v) is 9.29. The van der Waals surface area contributed by atoms with Crippen LogP contribution >= 0.6 is 35.4 Å². The predicted molar refractivity (Wildman–Crippen MR) is 114 cm³/mol. The molecule has 2 N–H and O–H groups in total. The molecule has 0 spiro atoms. The summed E-state index contributed by atoms with van der Waals surface area (Å²) in [6.45, 7) is 1.47. The van der Waals surface area contributed by atoms with Gasteiger partial charge in [-0.25, -0.2) is 0 Å². The number of anilines is 1. The van der Waals surface area contributed by atoms with Gasteiger partial charge in [-0.15, -0.1) is 0 Å². The largest absolute Gasteiger partial charge is 0.451 e. The molecule has 1 aromatic heterocycles. The average Bonchev–Trinajstić information content (AvgIpc) is 3.14. The van der Waals surface area contributed by atoms with E-state index in [0.29, 0.717) is 32.6 Å². The highest BCUT2D eigenvalue weighted by Gasteiger charge is 2.16. The van der Waals surface area contributed by atoms with Crippen molar-refractivity contribution in [2.45, 2.75) is 6.92 Å². The van der Waals surface area contributed by atoms with E-state index in [1.165, 1.54) is 13.0 Å². The zero-order valence-corrected chi connectivity index (χ0v) is 16.9. The Morgan fingerprint density at radius 2 is 1.79 bits per heavy atom. The Hall–Kier alpha value is -2.67. The second-order valence-corrected chi connectivity index (χ2v) is 7.00. The maximum atomic E-state index is 12.4. The molecule has 142 valence electrons. The van der Waals surface area contributed by atoms with Crippen molar-refractivity contribution in [1.29, 1.82) is 0 Å². The number of amides is 1. The van der Waals surface area contributed by atoms with E-state index in [9.17, 15) is 9.59 Å². The standard InChI is InChI=1S/C20H14Cl2N2O3S/c1-11(25)12-4-2-5-13(10-12)23-20(28)24-19(26)17-9-8-16(27-17)14-6-3-7-15(21)18(14)22/h2-10H,1H3,(H2,23,24,26,28). The molecule has 0 radical (unpaired) electrons. The monoisotopic (exact) mass is 432 g/mol. The molecule has 0 aliphatic rings. The van der Waals surface area contributed by atoms with Crippen LogP contribution in [-0.4, -0.2) is 16.8 Å². The number of hydrogen-bond donors (Lipinski definition) is 2. The van der Waals surface area contributed by atoms with Gasteiger partial charge in [-0.3, -0.25) is 14.9 Å². The van der Waals surface area contributed by atoms with E-state index in [0.717, 1.165) is 0 Å². The van der Waals surface area contributed by atoms with Crippen LogP contribution in [0, 0.1) is 0 Å². The maximum absolute atomic E-state index is 12.4.